The van der Waals surface area contributed by atoms with Gasteiger partial charge in [0.1, 0.15) is 0 Å². The molecule has 4 nitrogen and oxygen atoms in total. The van der Waals surface area contributed by atoms with Gasteiger partial charge in [0.25, 0.3) is 0 Å². The SMILES string of the molecule is CCC(C)(CN=C(N)N)OC. The Labute approximate surface area is 67.6 Å². The summed E-state index contributed by atoms with van der Waals surface area (Å²) >= 11 is 0. The largest absolute Gasteiger partial charge is 0.377 e. The average molecular weight is 159 g/mol. The molecule has 0 aliphatic rings. The number of hydrogen-bond donors (Lipinski definition) is 2. The van der Waals surface area contributed by atoms with Crippen molar-refractivity contribution in [1.82, 2.24) is 0 Å². The number of nitrogens with two attached hydrogens (primary N) is 2. The normalized spacial score (nSPS) is 15.5. The zero-order valence-electron chi connectivity index (χ0n) is 7.42. The zero-order valence-corrected chi connectivity index (χ0v) is 7.42. The third-order valence-electron chi connectivity index (χ3n) is 1.84. The van der Waals surface area contributed by atoms with Crippen LogP contribution in [0.1, 0.15) is 20.3 Å². The van der Waals surface area contributed by atoms with E-state index in [1.165, 1.54) is 0 Å². The first-order valence-corrected chi connectivity index (χ1v) is 3.64. The third kappa shape index (κ3) is 3.83. The van der Waals surface area contributed by atoms with Crippen molar-refractivity contribution in [3.63, 3.8) is 0 Å². The molecular weight excluding hydrogens is 142 g/mol. The minimum absolute atomic E-state index is 0.113. The smallest absolute Gasteiger partial charge is 0.186 e. The Morgan fingerprint density at radius 2 is 2.09 bits per heavy atom. The van der Waals surface area contributed by atoms with Gasteiger partial charge in [-0.05, 0) is 13.3 Å². The van der Waals surface area contributed by atoms with Gasteiger partial charge >= 0.3 is 0 Å². The number of hydrogen-bond acceptors (Lipinski definition) is 2. The van der Waals surface area contributed by atoms with Crippen LogP contribution in [0.15, 0.2) is 4.99 Å². The topological polar surface area (TPSA) is 73.6 Å². The van der Waals surface area contributed by atoms with Gasteiger partial charge in [0.05, 0.1) is 12.1 Å². The Bertz CT molecular complexity index is 137. The summed E-state index contributed by atoms with van der Waals surface area (Å²) in [7, 11) is 1.66. The Morgan fingerprint density at radius 1 is 1.55 bits per heavy atom. The molecule has 4 heteroatoms. The first-order valence-electron chi connectivity index (χ1n) is 3.64. The molecule has 11 heavy (non-hydrogen) atoms. The molecule has 0 saturated heterocycles. The van der Waals surface area contributed by atoms with Crippen LogP contribution in [0, 0.1) is 0 Å². The molecule has 66 valence electrons. The maximum absolute atomic E-state index is 5.22. The van der Waals surface area contributed by atoms with Crippen LogP contribution in [-0.4, -0.2) is 25.2 Å². The van der Waals surface area contributed by atoms with Crippen LogP contribution in [0.3, 0.4) is 0 Å². The number of nitrogens with zero attached hydrogens (tertiary/aromatic N) is 1. The summed E-state index contributed by atoms with van der Waals surface area (Å²) in [6.07, 6.45) is 0.889. The fourth-order valence-electron chi connectivity index (χ4n) is 0.579. The summed E-state index contributed by atoms with van der Waals surface area (Å²) in [6, 6.07) is 0. The molecule has 0 saturated carbocycles. The van der Waals surface area contributed by atoms with E-state index >= 15 is 0 Å². The van der Waals surface area contributed by atoms with Crippen LogP contribution in [0.4, 0.5) is 0 Å². The molecule has 0 amide bonds. The van der Waals surface area contributed by atoms with Crippen molar-refractivity contribution in [2.75, 3.05) is 13.7 Å². The molecule has 0 aromatic carbocycles. The summed E-state index contributed by atoms with van der Waals surface area (Å²) in [4.78, 5) is 3.89. The maximum Gasteiger partial charge on any atom is 0.186 e. The molecule has 1 unspecified atom stereocenters. The van der Waals surface area contributed by atoms with Crippen molar-refractivity contribution in [3.05, 3.63) is 0 Å². The van der Waals surface area contributed by atoms with E-state index in [4.69, 9.17) is 16.2 Å². The summed E-state index contributed by atoms with van der Waals surface area (Å²) < 4.78 is 5.22. The lowest BCUT2D eigenvalue weighted by atomic mass is 10.0. The lowest BCUT2D eigenvalue weighted by molar-refractivity contribution is 0.0113. The van der Waals surface area contributed by atoms with E-state index < -0.39 is 0 Å². The highest BCUT2D eigenvalue weighted by Crippen LogP contribution is 2.13. The van der Waals surface area contributed by atoms with E-state index in [0.29, 0.717) is 6.54 Å². The zero-order chi connectivity index (χ0) is 8.91. The second-order valence-corrected chi connectivity index (χ2v) is 2.75. The predicted octanol–water partition coefficient (Wildman–Crippen LogP) is 0.0749. The van der Waals surface area contributed by atoms with Crippen molar-refractivity contribution in [1.29, 1.82) is 0 Å². The molecule has 0 heterocycles. The van der Waals surface area contributed by atoms with Crippen molar-refractivity contribution >= 4 is 5.96 Å². The highest BCUT2D eigenvalue weighted by Gasteiger charge is 2.19. The average Bonchev–Trinajstić information content (AvgIpc) is 2.00. The second-order valence-electron chi connectivity index (χ2n) is 2.75. The number of rotatable bonds is 4. The minimum atomic E-state index is -0.232. The first-order chi connectivity index (χ1) is 5.04. The van der Waals surface area contributed by atoms with Gasteiger partial charge in [-0.15, -0.1) is 0 Å². The van der Waals surface area contributed by atoms with Gasteiger partial charge in [0.15, 0.2) is 5.96 Å². The van der Waals surface area contributed by atoms with Gasteiger partial charge in [-0.2, -0.15) is 0 Å². The molecule has 0 aliphatic carbocycles. The van der Waals surface area contributed by atoms with E-state index in [9.17, 15) is 0 Å². The fourth-order valence-corrected chi connectivity index (χ4v) is 0.579. The molecule has 0 aliphatic heterocycles. The van der Waals surface area contributed by atoms with Crippen LogP contribution >= 0.6 is 0 Å². The van der Waals surface area contributed by atoms with E-state index in [1.807, 2.05) is 13.8 Å². The van der Waals surface area contributed by atoms with Crippen LogP contribution in [0.25, 0.3) is 0 Å². The van der Waals surface area contributed by atoms with Crippen LogP contribution in [0.2, 0.25) is 0 Å². The van der Waals surface area contributed by atoms with Crippen LogP contribution < -0.4 is 11.5 Å². The molecule has 4 N–H and O–H groups in total. The monoisotopic (exact) mass is 159 g/mol. The molecule has 0 aromatic rings. The van der Waals surface area contributed by atoms with E-state index in [1.54, 1.807) is 7.11 Å². The van der Waals surface area contributed by atoms with Gasteiger partial charge in [-0.1, -0.05) is 6.92 Å². The van der Waals surface area contributed by atoms with Gasteiger partial charge < -0.3 is 16.2 Å². The van der Waals surface area contributed by atoms with Crippen molar-refractivity contribution in [2.45, 2.75) is 25.9 Å². The summed E-state index contributed by atoms with van der Waals surface area (Å²) in [5, 5.41) is 0. The minimum Gasteiger partial charge on any atom is -0.377 e. The molecule has 0 aromatic heterocycles. The Balaban J connectivity index is 3.98. The molecule has 0 rings (SSSR count). The maximum atomic E-state index is 5.22. The fraction of sp³-hybridized carbons (Fsp3) is 0.857. The molecular formula is C7H17N3O. The number of ether oxygens (including phenoxy) is 1. The third-order valence-corrected chi connectivity index (χ3v) is 1.84. The van der Waals surface area contributed by atoms with Gasteiger partial charge in [0, 0.05) is 7.11 Å². The number of methoxy groups -OCH3 is 1. The summed E-state index contributed by atoms with van der Waals surface area (Å²) in [6.45, 7) is 4.52. The van der Waals surface area contributed by atoms with Crippen LogP contribution in [0.5, 0.6) is 0 Å². The lowest BCUT2D eigenvalue weighted by Gasteiger charge is -2.24. The Kier molecular flexibility index (Phi) is 3.89. The van der Waals surface area contributed by atoms with Crippen molar-refractivity contribution < 1.29 is 4.74 Å². The van der Waals surface area contributed by atoms with E-state index in [0.717, 1.165) is 6.42 Å². The standard InChI is InChI=1S/C7H17N3O/c1-4-7(2,11-3)5-10-6(8)9/h4-5H2,1-3H3,(H4,8,9,10). The lowest BCUT2D eigenvalue weighted by Crippen LogP contribution is -2.33. The summed E-state index contributed by atoms with van der Waals surface area (Å²) in [5.41, 5.74) is 10.1. The van der Waals surface area contributed by atoms with E-state index in [-0.39, 0.29) is 11.6 Å². The second kappa shape index (κ2) is 4.18. The predicted molar refractivity (Wildman–Crippen MR) is 46.4 cm³/mol. The number of guanidine groups is 1. The molecule has 0 spiro atoms. The molecule has 0 bridgehead atoms. The number of aliphatic imine (C=N–C) groups is 1. The van der Waals surface area contributed by atoms with Gasteiger partial charge in [-0.25, -0.2) is 0 Å². The molecule has 1 atom stereocenters. The van der Waals surface area contributed by atoms with Crippen LogP contribution in [-0.2, 0) is 4.74 Å². The Morgan fingerprint density at radius 3 is 2.36 bits per heavy atom. The summed E-state index contributed by atoms with van der Waals surface area (Å²) in [5.74, 6) is 0.113. The Hall–Kier alpha value is -0.770. The van der Waals surface area contributed by atoms with Gasteiger partial charge in [0.2, 0.25) is 0 Å². The van der Waals surface area contributed by atoms with Gasteiger partial charge in [-0.3, -0.25) is 4.99 Å². The van der Waals surface area contributed by atoms with Crippen molar-refractivity contribution in [2.24, 2.45) is 16.5 Å². The first kappa shape index (κ1) is 10.2. The van der Waals surface area contributed by atoms with Crippen molar-refractivity contribution in [3.8, 4) is 0 Å². The quantitative estimate of drug-likeness (QED) is 0.450. The highest BCUT2D eigenvalue weighted by molar-refractivity contribution is 5.75. The van der Waals surface area contributed by atoms with E-state index in [2.05, 4.69) is 4.99 Å². The molecule has 0 fully saturated rings. The highest BCUT2D eigenvalue weighted by atomic mass is 16.5. The molecule has 0 radical (unpaired) electrons.